The second kappa shape index (κ2) is 4.48. The van der Waals surface area contributed by atoms with Crippen LogP contribution in [0.2, 0.25) is 0 Å². The van der Waals surface area contributed by atoms with E-state index in [2.05, 4.69) is 25.4 Å². The molecule has 0 amide bonds. The summed E-state index contributed by atoms with van der Waals surface area (Å²) in [4.78, 5) is 12.9. The van der Waals surface area contributed by atoms with Gasteiger partial charge < -0.3 is 15.6 Å². The Morgan fingerprint density at radius 3 is 2.80 bits per heavy atom. The lowest BCUT2D eigenvalue weighted by Gasteiger charge is -2.04. The van der Waals surface area contributed by atoms with Crippen molar-refractivity contribution in [3.8, 4) is 0 Å². The standard InChI is InChI=1S/C12H16N8/c1-4-20-6-8(5-14-20)16-10-9-11(18-12(13)17-10)19(3)7(2)15-9/h5-6H,4H2,1-3H3,(H3,13,16,17,18). The lowest BCUT2D eigenvalue weighted by atomic mass is 10.4. The number of aromatic nitrogens is 6. The van der Waals surface area contributed by atoms with Crippen molar-refractivity contribution in [2.45, 2.75) is 20.4 Å². The summed E-state index contributed by atoms with van der Waals surface area (Å²) in [5.41, 5.74) is 8.01. The van der Waals surface area contributed by atoms with Crippen LogP contribution in [0.15, 0.2) is 12.4 Å². The third-order valence-electron chi connectivity index (χ3n) is 3.18. The molecule has 0 atom stereocenters. The number of rotatable bonds is 3. The van der Waals surface area contributed by atoms with Gasteiger partial charge in [-0.05, 0) is 13.8 Å². The monoisotopic (exact) mass is 272 g/mol. The van der Waals surface area contributed by atoms with Crippen LogP contribution >= 0.6 is 0 Å². The van der Waals surface area contributed by atoms with E-state index >= 15 is 0 Å². The van der Waals surface area contributed by atoms with Gasteiger partial charge in [0.25, 0.3) is 0 Å². The second-order valence-corrected chi connectivity index (χ2v) is 4.53. The first-order chi connectivity index (χ1) is 9.58. The fourth-order valence-corrected chi connectivity index (χ4v) is 2.01. The molecular weight excluding hydrogens is 256 g/mol. The second-order valence-electron chi connectivity index (χ2n) is 4.53. The minimum Gasteiger partial charge on any atom is -0.368 e. The number of nitrogens with two attached hydrogens (primary N) is 1. The summed E-state index contributed by atoms with van der Waals surface area (Å²) in [6.45, 7) is 4.75. The zero-order valence-corrected chi connectivity index (χ0v) is 11.6. The fraction of sp³-hybridized carbons (Fsp3) is 0.333. The van der Waals surface area contributed by atoms with Crippen LogP contribution < -0.4 is 11.1 Å². The van der Waals surface area contributed by atoms with Crippen LogP contribution in [0.3, 0.4) is 0 Å². The van der Waals surface area contributed by atoms with E-state index in [0.717, 1.165) is 18.1 Å². The molecule has 3 heterocycles. The summed E-state index contributed by atoms with van der Waals surface area (Å²) in [7, 11) is 1.90. The van der Waals surface area contributed by atoms with Crippen LogP contribution in [0.1, 0.15) is 12.7 Å². The number of aryl methyl sites for hydroxylation is 3. The number of nitrogen functional groups attached to an aromatic ring is 1. The topological polar surface area (TPSA) is 99.5 Å². The van der Waals surface area contributed by atoms with Crippen molar-refractivity contribution in [2.24, 2.45) is 7.05 Å². The molecule has 104 valence electrons. The Kier molecular flexibility index (Phi) is 2.78. The van der Waals surface area contributed by atoms with Gasteiger partial charge in [0, 0.05) is 19.8 Å². The highest BCUT2D eigenvalue weighted by atomic mass is 15.3. The lowest BCUT2D eigenvalue weighted by molar-refractivity contribution is 0.660. The molecule has 3 aromatic rings. The van der Waals surface area contributed by atoms with Crippen molar-refractivity contribution in [3.63, 3.8) is 0 Å². The summed E-state index contributed by atoms with van der Waals surface area (Å²) in [6, 6.07) is 0. The highest BCUT2D eigenvalue weighted by Gasteiger charge is 2.13. The van der Waals surface area contributed by atoms with Crippen molar-refractivity contribution < 1.29 is 0 Å². The zero-order valence-electron chi connectivity index (χ0n) is 11.6. The molecule has 0 saturated carbocycles. The molecule has 0 aromatic carbocycles. The molecular formula is C12H16N8. The van der Waals surface area contributed by atoms with Crippen molar-refractivity contribution in [2.75, 3.05) is 11.1 Å². The number of nitrogens with one attached hydrogen (secondary N) is 1. The van der Waals surface area contributed by atoms with E-state index in [1.54, 1.807) is 6.20 Å². The summed E-state index contributed by atoms with van der Waals surface area (Å²) >= 11 is 0. The van der Waals surface area contributed by atoms with E-state index in [1.807, 2.05) is 36.3 Å². The Balaban J connectivity index is 2.08. The number of nitrogens with zero attached hydrogens (tertiary/aromatic N) is 6. The Morgan fingerprint density at radius 1 is 1.30 bits per heavy atom. The van der Waals surface area contributed by atoms with Gasteiger partial charge in [0.1, 0.15) is 5.82 Å². The maximum Gasteiger partial charge on any atom is 0.224 e. The predicted molar refractivity (Wildman–Crippen MR) is 76.6 cm³/mol. The third-order valence-corrected chi connectivity index (χ3v) is 3.18. The van der Waals surface area contributed by atoms with Crippen LogP contribution in [-0.4, -0.2) is 29.3 Å². The SMILES string of the molecule is CCn1cc(Nc2nc(N)nc3c2nc(C)n3C)cn1. The molecule has 20 heavy (non-hydrogen) atoms. The number of fused-ring (bicyclic) bond motifs is 1. The van der Waals surface area contributed by atoms with Crippen molar-refractivity contribution >= 4 is 28.6 Å². The molecule has 8 heteroatoms. The molecule has 0 spiro atoms. The number of anilines is 3. The summed E-state index contributed by atoms with van der Waals surface area (Å²) < 4.78 is 3.71. The molecule has 0 bridgehead atoms. The molecule has 3 aromatic heterocycles. The van der Waals surface area contributed by atoms with Crippen molar-refractivity contribution in [1.29, 1.82) is 0 Å². The molecule has 0 radical (unpaired) electrons. The Hall–Kier alpha value is -2.64. The van der Waals surface area contributed by atoms with Gasteiger partial charge in [-0.25, -0.2) is 4.98 Å². The minimum absolute atomic E-state index is 0.214. The largest absolute Gasteiger partial charge is 0.368 e. The van der Waals surface area contributed by atoms with Crippen LogP contribution in [0, 0.1) is 6.92 Å². The number of hydrogen-bond donors (Lipinski definition) is 2. The van der Waals surface area contributed by atoms with Gasteiger partial charge in [0.15, 0.2) is 17.0 Å². The van der Waals surface area contributed by atoms with Gasteiger partial charge in [-0.3, -0.25) is 4.68 Å². The molecule has 0 saturated heterocycles. The van der Waals surface area contributed by atoms with E-state index in [-0.39, 0.29) is 5.95 Å². The minimum atomic E-state index is 0.214. The maximum absolute atomic E-state index is 5.76. The number of hydrogen-bond acceptors (Lipinski definition) is 6. The molecule has 0 fully saturated rings. The first kappa shape index (κ1) is 12.4. The van der Waals surface area contributed by atoms with Gasteiger partial charge in [-0.1, -0.05) is 0 Å². The molecule has 3 N–H and O–H groups in total. The predicted octanol–water partition coefficient (Wildman–Crippen LogP) is 1.21. The lowest BCUT2D eigenvalue weighted by Crippen LogP contribution is -2.02. The molecule has 0 aliphatic heterocycles. The molecule has 3 rings (SSSR count). The van der Waals surface area contributed by atoms with E-state index in [1.165, 1.54) is 0 Å². The van der Waals surface area contributed by atoms with Crippen LogP contribution in [-0.2, 0) is 13.6 Å². The van der Waals surface area contributed by atoms with E-state index in [0.29, 0.717) is 17.0 Å². The molecule has 0 unspecified atom stereocenters. The van der Waals surface area contributed by atoms with Gasteiger partial charge in [-0.2, -0.15) is 15.1 Å². The Labute approximate surface area is 115 Å². The highest BCUT2D eigenvalue weighted by molar-refractivity contribution is 5.86. The smallest absolute Gasteiger partial charge is 0.224 e. The van der Waals surface area contributed by atoms with Gasteiger partial charge in [-0.15, -0.1) is 0 Å². The van der Waals surface area contributed by atoms with Gasteiger partial charge in [0.2, 0.25) is 5.95 Å². The van der Waals surface area contributed by atoms with Crippen molar-refractivity contribution in [1.82, 2.24) is 29.3 Å². The number of imidazole rings is 1. The highest BCUT2D eigenvalue weighted by Crippen LogP contribution is 2.24. The normalized spacial score (nSPS) is 11.2. The van der Waals surface area contributed by atoms with Crippen LogP contribution in [0.25, 0.3) is 11.2 Å². The zero-order chi connectivity index (χ0) is 14.3. The Bertz CT molecular complexity index is 769. The summed E-state index contributed by atoms with van der Waals surface area (Å²) in [5, 5.41) is 7.40. The Morgan fingerprint density at radius 2 is 2.10 bits per heavy atom. The van der Waals surface area contributed by atoms with Crippen LogP contribution in [0.4, 0.5) is 17.5 Å². The summed E-state index contributed by atoms with van der Waals surface area (Å²) in [5.74, 6) is 1.66. The summed E-state index contributed by atoms with van der Waals surface area (Å²) in [6.07, 6.45) is 3.64. The van der Waals surface area contributed by atoms with Crippen LogP contribution in [0.5, 0.6) is 0 Å². The molecule has 0 aliphatic rings. The van der Waals surface area contributed by atoms with Crippen molar-refractivity contribution in [3.05, 3.63) is 18.2 Å². The molecule has 8 nitrogen and oxygen atoms in total. The first-order valence-corrected chi connectivity index (χ1v) is 6.34. The average molecular weight is 272 g/mol. The van der Waals surface area contributed by atoms with E-state index in [9.17, 15) is 0 Å². The fourth-order valence-electron chi connectivity index (χ4n) is 2.01. The average Bonchev–Trinajstić information content (AvgIpc) is 2.98. The van der Waals surface area contributed by atoms with E-state index in [4.69, 9.17) is 5.73 Å². The quantitative estimate of drug-likeness (QED) is 0.743. The maximum atomic E-state index is 5.76. The third kappa shape index (κ3) is 1.94. The first-order valence-electron chi connectivity index (χ1n) is 6.34. The van der Waals surface area contributed by atoms with E-state index < -0.39 is 0 Å². The van der Waals surface area contributed by atoms with Gasteiger partial charge >= 0.3 is 0 Å². The van der Waals surface area contributed by atoms with Gasteiger partial charge in [0.05, 0.1) is 11.9 Å². The molecule has 0 aliphatic carbocycles.